The molecule has 1 atom stereocenters. The molecule has 1 fully saturated rings. The number of amides is 2. The van der Waals surface area contributed by atoms with Crippen LogP contribution in [0.4, 0.5) is 10.5 Å². The summed E-state index contributed by atoms with van der Waals surface area (Å²) in [6, 6.07) is 17.1. The Bertz CT molecular complexity index is 920. The number of anilines is 1. The number of hydrogen-bond donors (Lipinski definition) is 2. The summed E-state index contributed by atoms with van der Waals surface area (Å²) in [5.74, 6) is 0.196. The molecule has 0 saturated heterocycles. The molecule has 0 bridgehead atoms. The number of carbonyl (C=O) groups is 2. The first-order valence-corrected chi connectivity index (χ1v) is 10.6. The number of carbonyl (C=O) groups excluding carboxylic acids is 2. The lowest BCUT2D eigenvalue weighted by atomic mass is 9.84. The van der Waals surface area contributed by atoms with Crippen molar-refractivity contribution in [3.05, 3.63) is 65.7 Å². The number of hydrogen-bond acceptors (Lipinski definition) is 4. The Morgan fingerprint density at radius 2 is 1.77 bits per heavy atom. The quantitative estimate of drug-likeness (QED) is 0.760. The lowest BCUT2D eigenvalue weighted by Crippen LogP contribution is -2.42. The van der Waals surface area contributed by atoms with Crippen LogP contribution in [-0.2, 0) is 16.1 Å². The molecule has 0 spiro atoms. The number of nitrogens with zero attached hydrogens (tertiary/aromatic N) is 1. The third-order valence-electron chi connectivity index (χ3n) is 5.70. The van der Waals surface area contributed by atoms with Gasteiger partial charge in [0.2, 0.25) is 6.17 Å². The number of fused-ring (bicyclic) bond motifs is 1. The Morgan fingerprint density at radius 1 is 1.03 bits per heavy atom. The van der Waals surface area contributed by atoms with Crippen LogP contribution in [0.25, 0.3) is 0 Å². The minimum absolute atomic E-state index is 0.139. The van der Waals surface area contributed by atoms with Crippen molar-refractivity contribution in [3.63, 3.8) is 0 Å². The standard InChI is InChI=1S/C24H27N3O3/c28-23-22(27-24(29)30-16-18-11-5-2-6-12-18)25-21(15-17-9-3-1-4-10-17)19-13-7-8-14-20(19)26-23/h2,5-8,11-14,17,22H,1,3-4,9-10,15-16H2,(H,26,28)(H,27,29)/t22-/m1/s1. The first kappa shape index (κ1) is 20.1. The van der Waals surface area contributed by atoms with E-state index in [1.54, 1.807) is 0 Å². The van der Waals surface area contributed by atoms with E-state index in [0.717, 1.165) is 28.9 Å². The summed E-state index contributed by atoms with van der Waals surface area (Å²) in [5.41, 5.74) is 3.41. The highest BCUT2D eigenvalue weighted by molar-refractivity contribution is 6.12. The number of benzodiazepines with no additional fused rings is 1. The molecule has 1 aliphatic heterocycles. The number of ether oxygens (including phenoxy) is 1. The van der Waals surface area contributed by atoms with Gasteiger partial charge in [0.15, 0.2) is 0 Å². The van der Waals surface area contributed by atoms with Gasteiger partial charge >= 0.3 is 6.09 Å². The Balaban J connectivity index is 1.49. The van der Waals surface area contributed by atoms with Crippen LogP contribution in [0.1, 0.15) is 49.7 Å². The second-order valence-electron chi connectivity index (χ2n) is 7.93. The van der Waals surface area contributed by atoms with E-state index < -0.39 is 12.3 Å². The molecule has 2 aliphatic rings. The average molecular weight is 405 g/mol. The maximum absolute atomic E-state index is 12.7. The molecule has 2 N–H and O–H groups in total. The van der Waals surface area contributed by atoms with Crippen LogP contribution < -0.4 is 10.6 Å². The SMILES string of the molecule is O=C(N[C@H]1N=C(CC2CCCCC2)c2ccccc2NC1=O)OCc1ccccc1. The molecule has 6 heteroatoms. The van der Waals surface area contributed by atoms with Crippen molar-refractivity contribution in [2.45, 2.75) is 51.3 Å². The fraction of sp³-hybridized carbons (Fsp3) is 0.375. The van der Waals surface area contributed by atoms with Crippen molar-refractivity contribution < 1.29 is 14.3 Å². The summed E-state index contributed by atoms with van der Waals surface area (Å²) < 4.78 is 5.28. The Morgan fingerprint density at radius 3 is 2.57 bits per heavy atom. The van der Waals surface area contributed by atoms with Crippen molar-refractivity contribution >= 4 is 23.4 Å². The van der Waals surface area contributed by atoms with Gasteiger partial charge in [0.05, 0.1) is 0 Å². The molecule has 2 aromatic carbocycles. The largest absolute Gasteiger partial charge is 0.445 e. The third-order valence-corrected chi connectivity index (χ3v) is 5.70. The molecule has 2 aromatic rings. The molecule has 0 radical (unpaired) electrons. The predicted octanol–water partition coefficient (Wildman–Crippen LogP) is 4.65. The molecule has 4 rings (SSSR count). The van der Waals surface area contributed by atoms with E-state index in [1.165, 1.54) is 32.1 Å². The maximum Gasteiger partial charge on any atom is 0.409 e. The van der Waals surface area contributed by atoms with E-state index in [-0.39, 0.29) is 12.5 Å². The number of nitrogens with one attached hydrogen (secondary N) is 2. The molecule has 156 valence electrons. The van der Waals surface area contributed by atoms with Gasteiger partial charge in [0.1, 0.15) is 6.61 Å². The molecule has 1 aliphatic carbocycles. The van der Waals surface area contributed by atoms with Gasteiger partial charge in [0.25, 0.3) is 5.91 Å². The number of para-hydroxylation sites is 1. The zero-order valence-electron chi connectivity index (χ0n) is 17.0. The van der Waals surface area contributed by atoms with Crippen molar-refractivity contribution in [2.24, 2.45) is 10.9 Å². The number of rotatable bonds is 5. The van der Waals surface area contributed by atoms with Gasteiger partial charge in [0, 0.05) is 17.0 Å². The van der Waals surface area contributed by atoms with Crippen molar-refractivity contribution in [1.29, 1.82) is 0 Å². The number of benzene rings is 2. The molecule has 6 nitrogen and oxygen atoms in total. The van der Waals surface area contributed by atoms with Gasteiger partial charge in [-0.1, -0.05) is 80.6 Å². The normalized spacial score (nSPS) is 19.1. The Kier molecular flexibility index (Phi) is 6.42. The van der Waals surface area contributed by atoms with Gasteiger partial charge in [-0.15, -0.1) is 0 Å². The van der Waals surface area contributed by atoms with E-state index in [1.807, 2.05) is 54.6 Å². The van der Waals surface area contributed by atoms with Crippen LogP contribution in [-0.4, -0.2) is 23.9 Å². The van der Waals surface area contributed by atoms with Crippen molar-refractivity contribution in [2.75, 3.05) is 5.32 Å². The van der Waals surface area contributed by atoms with Gasteiger partial charge in [-0.25, -0.2) is 4.79 Å². The lowest BCUT2D eigenvalue weighted by Gasteiger charge is -2.22. The summed E-state index contributed by atoms with van der Waals surface area (Å²) in [4.78, 5) is 29.7. The fourth-order valence-corrected chi connectivity index (χ4v) is 4.13. The van der Waals surface area contributed by atoms with E-state index in [2.05, 4.69) is 15.6 Å². The monoisotopic (exact) mass is 405 g/mol. The van der Waals surface area contributed by atoms with E-state index in [4.69, 9.17) is 4.74 Å². The molecular formula is C24H27N3O3. The molecule has 0 unspecified atom stereocenters. The number of aliphatic imine (C=N–C) groups is 1. The van der Waals surface area contributed by atoms with Crippen LogP contribution >= 0.6 is 0 Å². The minimum atomic E-state index is -1.01. The molecule has 1 saturated carbocycles. The van der Waals surface area contributed by atoms with E-state index in [0.29, 0.717) is 5.92 Å². The van der Waals surface area contributed by atoms with Crippen LogP contribution in [0.2, 0.25) is 0 Å². The summed E-state index contributed by atoms with van der Waals surface area (Å²) in [6.07, 6.45) is 5.26. The summed E-state index contributed by atoms with van der Waals surface area (Å²) in [5, 5.41) is 5.52. The molecule has 0 aromatic heterocycles. The third kappa shape index (κ3) is 5.06. The van der Waals surface area contributed by atoms with Gasteiger partial charge in [-0.05, 0) is 24.0 Å². The average Bonchev–Trinajstić information content (AvgIpc) is 2.90. The second-order valence-corrected chi connectivity index (χ2v) is 7.93. The fourth-order valence-electron chi connectivity index (χ4n) is 4.13. The van der Waals surface area contributed by atoms with Crippen LogP contribution in [0.3, 0.4) is 0 Å². The number of alkyl carbamates (subject to hydrolysis) is 1. The van der Waals surface area contributed by atoms with Crippen molar-refractivity contribution in [1.82, 2.24) is 5.32 Å². The minimum Gasteiger partial charge on any atom is -0.445 e. The van der Waals surface area contributed by atoms with Gasteiger partial charge < -0.3 is 10.1 Å². The van der Waals surface area contributed by atoms with Crippen molar-refractivity contribution in [3.8, 4) is 0 Å². The maximum atomic E-state index is 12.7. The molecule has 2 amide bonds. The highest BCUT2D eigenvalue weighted by Gasteiger charge is 2.28. The summed E-state index contributed by atoms with van der Waals surface area (Å²) >= 11 is 0. The first-order valence-electron chi connectivity index (χ1n) is 10.6. The predicted molar refractivity (Wildman–Crippen MR) is 116 cm³/mol. The Labute approximate surface area is 176 Å². The van der Waals surface area contributed by atoms with Gasteiger partial charge in [-0.3, -0.25) is 15.1 Å². The van der Waals surface area contributed by atoms with E-state index >= 15 is 0 Å². The second kappa shape index (κ2) is 9.57. The highest BCUT2D eigenvalue weighted by Crippen LogP contribution is 2.30. The first-order chi connectivity index (χ1) is 14.7. The zero-order chi connectivity index (χ0) is 20.8. The van der Waals surface area contributed by atoms with E-state index in [9.17, 15) is 9.59 Å². The van der Waals surface area contributed by atoms with Crippen LogP contribution in [0.5, 0.6) is 0 Å². The topological polar surface area (TPSA) is 79.8 Å². The summed E-state index contributed by atoms with van der Waals surface area (Å²) in [7, 11) is 0. The highest BCUT2D eigenvalue weighted by atomic mass is 16.5. The van der Waals surface area contributed by atoms with Crippen LogP contribution in [0, 0.1) is 5.92 Å². The lowest BCUT2D eigenvalue weighted by molar-refractivity contribution is -0.117. The van der Waals surface area contributed by atoms with Gasteiger partial charge in [-0.2, -0.15) is 0 Å². The summed E-state index contributed by atoms with van der Waals surface area (Å²) in [6.45, 7) is 0.139. The molecule has 1 heterocycles. The molecular weight excluding hydrogens is 378 g/mol. The molecule has 30 heavy (non-hydrogen) atoms. The van der Waals surface area contributed by atoms with Crippen LogP contribution in [0.15, 0.2) is 59.6 Å². The zero-order valence-corrected chi connectivity index (χ0v) is 17.0. The Hall–Kier alpha value is -3.15. The smallest absolute Gasteiger partial charge is 0.409 e.